The molecule has 1 aromatic heterocycles. The predicted molar refractivity (Wildman–Crippen MR) is 101 cm³/mol. The van der Waals surface area contributed by atoms with E-state index in [-0.39, 0.29) is 0 Å². The number of ether oxygens (including phenoxy) is 1. The number of carbonyl (C=O) groups is 1. The van der Waals surface area contributed by atoms with Crippen LogP contribution < -0.4 is 5.32 Å². The molecule has 0 saturated carbocycles. The molecule has 1 radical (unpaired) electrons. The van der Waals surface area contributed by atoms with Crippen LogP contribution in [0.15, 0.2) is 55.4 Å². The molecule has 1 unspecified atom stereocenters. The van der Waals surface area contributed by atoms with E-state index in [2.05, 4.69) is 16.9 Å². The van der Waals surface area contributed by atoms with Crippen LogP contribution in [0.1, 0.15) is 22.8 Å². The molecule has 2 aromatic rings. The van der Waals surface area contributed by atoms with E-state index in [1.54, 1.807) is 36.5 Å². The highest BCUT2D eigenvalue weighted by atomic mass is 35.5. The van der Waals surface area contributed by atoms with E-state index < -0.39 is 11.5 Å². The maximum Gasteiger partial charge on any atom is 0.340 e. The third kappa shape index (κ3) is 5.85. The summed E-state index contributed by atoms with van der Waals surface area (Å²) >= 11 is 12.0. The zero-order chi connectivity index (χ0) is 18.3. The minimum atomic E-state index is -0.608. The van der Waals surface area contributed by atoms with Crippen LogP contribution in [0.25, 0.3) is 0 Å². The van der Waals surface area contributed by atoms with Gasteiger partial charge in [-0.1, -0.05) is 35.3 Å². The Hall–Kier alpha value is -1.88. The first kappa shape index (κ1) is 19.4. The normalized spacial score (nSPS) is 13.1. The van der Waals surface area contributed by atoms with E-state index in [4.69, 9.17) is 27.9 Å². The molecular weight excluding hydrogens is 359 g/mol. The molecule has 4 nitrogen and oxygen atoms in total. The van der Waals surface area contributed by atoms with Crippen molar-refractivity contribution in [1.82, 2.24) is 10.3 Å². The quantitative estimate of drug-likeness (QED) is 0.544. The molecule has 0 aliphatic carbocycles. The molecule has 0 fully saturated rings. The molecule has 2 rings (SSSR count). The number of nitrogens with zero attached hydrogens (tertiary/aromatic N) is 1. The summed E-state index contributed by atoms with van der Waals surface area (Å²) in [5, 5.41) is 4.27. The molecule has 0 aliphatic rings. The van der Waals surface area contributed by atoms with Crippen LogP contribution in [-0.4, -0.2) is 23.0 Å². The number of nitrogens with one attached hydrogen (secondary N) is 1. The molecular formula is C19H19Cl2N2O2. The topological polar surface area (TPSA) is 51.2 Å². The number of halogens is 2. The van der Waals surface area contributed by atoms with Gasteiger partial charge in [-0.2, -0.15) is 0 Å². The molecule has 6 heteroatoms. The zero-order valence-electron chi connectivity index (χ0n) is 13.8. The van der Waals surface area contributed by atoms with Crippen molar-refractivity contribution in [1.29, 1.82) is 0 Å². The summed E-state index contributed by atoms with van der Waals surface area (Å²) in [6, 6.07) is 8.76. The van der Waals surface area contributed by atoms with Crippen molar-refractivity contribution < 1.29 is 9.53 Å². The first-order valence-electron chi connectivity index (χ1n) is 7.69. The summed E-state index contributed by atoms with van der Waals surface area (Å²) < 4.78 is 5.36. The van der Waals surface area contributed by atoms with Gasteiger partial charge in [-0.3, -0.25) is 4.98 Å². The van der Waals surface area contributed by atoms with Crippen molar-refractivity contribution in [2.24, 2.45) is 0 Å². The Morgan fingerprint density at radius 3 is 2.80 bits per heavy atom. The molecule has 0 saturated heterocycles. The smallest absolute Gasteiger partial charge is 0.340 e. The minimum absolute atomic E-state index is 0.388. The average Bonchev–Trinajstić information content (AvgIpc) is 2.62. The van der Waals surface area contributed by atoms with Crippen LogP contribution in [0, 0.1) is 6.61 Å². The summed E-state index contributed by atoms with van der Waals surface area (Å²) in [5.74, 6) is -0.464. The van der Waals surface area contributed by atoms with Gasteiger partial charge in [-0.05, 0) is 43.2 Å². The second kappa shape index (κ2) is 8.99. The lowest BCUT2D eigenvalue weighted by molar-refractivity contribution is 0.0540. The predicted octanol–water partition coefficient (Wildman–Crippen LogP) is 4.48. The highest BCUT2D eigenvalue weighted by Crippen LogP contribution is 2.26. The van der Waals surface area contributed by atoms with Crippen molar-refractivity contribution in [3.05, 3.63) is 83.2 Å². The van der Waals surface area contributed by atoms with Gasteiger partial charge in [0.15, 0.2) is 6.61 Å². The number of hydrogen-bond acceptors (Lipinski definition) is 4. The first-order chi connectivity index (χ1) is 11.9. The van der Waals surface area contributed by atoms with Crippen molar-refractivity contribution >= 4 is 29.2 Å². The van der Waals surface area contributed by atoms with Crippen LogP contribution in [-0.2, 0) is 11.2 Å². The number of carbonyl (C=O) groups excluding carboxylic acids is 1. The molecule has 0 amide bonds. The Labute approximate surface area is 157 Å². The maximum atomic E-state index is 12.1. The van der Waals surface area contributed by atoms with Gasteiger partial charge >= 0.3 is 5.97 Å². The van der Waals surface area contributed by atoms with Gasteiger partial charge < -0.3 is 10.1 Å². The number of hydrogen-bond donors (Lipinski definition) is 1. The molecule has 0 aliphatic heterocycles. The van der Waals surface area contributed by atoms with Gasteiger partial charge in [0, 0.05) is 18.9 Å². The number of esters is 1. The second-order valence-electron chi connectivity index (χ2n) is 5.78. The van der Waals surface area contributed by atoms with Crippen molar-refractivity contribution in [3.63, 3.8) is 0 Å². The molecule has 0 spiro atoms. The monoisotopic (exact) mass is 377 g/mol. The molecule has 25 heavy (non-hydrogen) atoms. The van der Waals surface area contributed by atoms with Crippen LogP contribution in [0.4, 0.5) is 0 Å². The fourth-order valence-corrected chi connectivity index (χ4v) is 2.58. The van der Waals surface area contributed by atoms with E-state index >= 15 is 0 Å². The van der Waals surface area contributed by atoms with Gasteiger partial charge in [0.05, 0.1) is 21.1 Å². The van der Waals surface area contributed by atoms with Gasteiger partial charge in [-0.15, -0.1) is 6.58 Å². The third-order valence-electron chi connectivity index (χ3n) is 3.53. The third-order valence-corrected chi connectivity index (χ3v) is 4.27. The van der Waals surface area contributed by atoms with Crippen LogP contribution in [0.5, 0.6) is 0 Å². The van der Waals surface area contributed by atoms with Crippen molar-refractivity contribution in [2.45, 2.75) is 18.9 Å². The molecule has 1 atom stereocenters. The molecule has 1 N–H and O–H groups in total. The molecule has 1 heterocycles. The Morgan fingerprint density at radius 1 is 1.36 bits per heavy atom. The van der Waals surface area contributed by atoms with Crippen molar-refractivity contribution in [2.75, 3.05) is 6.54 Å². The largest absolute Gasteiger partial charge is 0.453 e. The lowest BCUT2D eigenvalue weighted by Crippen LogP contribution is -2.46. The highest BCUT2D eigenvalue weighted by Gasteiger charge is 2.27. The van der Waals surface area contributed by atoms with E-state index in [0.29, 0.717) is 28.6 Å². The Kier molecular flexibility index (Phi) is 7.00. The van der Waals surface area contributed by atoms with Crippen LogP contribution >= 0.6 is 23.2 Å². The van der Waals surface area contributed by atoms with E-state index in [0.717, 1.165) is 5.56 Å². The van der Waals surface area contributed by atoms with Crippen LogP contribution in [0.3, 0.4) is 0 Å². The summed E-state index contributed by atoms with van der Waals surface area (Å²) in [6.45, 7) is 7.68. The summed E-state index contributed by atoms with van der Waals surface area (Å²) in [7, 11) is 0. The fraction of sp³-hybridized carbons (Fsp3) is 0.211. The number of benzene rings is 1. The number of rotatable bonds is 8. The van der Waals surface area contributed by atoms with E-state index in [1.165, 1.54) is 12.8 Å². The Balaban J connectivity index is 2.09. The van der Waals surface area contributed by atoms with Gasteiger partial charge in [0.1, 0.15) is 0 Å². The molecule has 0 bridgehead atoms. The number of pyridine rings is 1. The van der Waals surface area contributed by atoms with E-state index in [9.17, 15) is 4.79 Å². The van der Waals surface area contributed by atoms with Crippen molar-refractivity contribution in [3.8, 4) is 0 Å². The van der Waals surface area contributed by atoms with Crippen LogP contribution in [0.2, 0.25) is 10.0 Å². The van der Waals surface area contributed by atoms with E-state index in [1.807, 2.05) is 13.0 Å². The minimum Gasteiger partial charge on any atom is -0.453 e. The van der Waals surface area contributed by atoms with Gasteiger partial charge in [0.25, 0.3) is 0 Å². The zero-order valence-corrected chi connectivity index (χ0v) is 15.3. The van der Waals surface area contributed by atoms with Gasteiger partial charge in [0.2, 0.25) is 0 Å². The molecule has 1 aromatic carbocycles. The molecule has 131 valence electrons. The number of aromatic nitrogens is 1. The second-order valence-corrected chi connectivity index (χ2v) is 6.59. The standard InChI is InChI=1S/C19H19Cl2N2O2/c1-3-8-23-19(2,11-14-6-7-16(20)17(21)10-14)13-25-18(24)15-5-4-9-22-12-15/h3-7,9-10,12-13,23H,1,8,11H2,2H3. The van der Waals surface area contributed by atoms with Gasteiger partial charge in [-0.25, -0.2) is 4.79 Å². The summed E-state index contributed by atoms with van der Waals surface area (Å²) in [4.78, 5) is 16.1. The average molecular weight is 378 g/mol. The lowest BCUT2D eigenvalue weighted by Gasteiger charge is -2.29. The first-order valence-corrected chi connectivity index (χ1v) is 8.44. The lowest BCUT2D eigenvalue weighted by atomic mass is 9.93. The SMILES string of the molecule is C=CCNC(C)([CH]OC(=O)c1cccnc1)Cc1ccc(Cl)c(Cl)c1. The fourth-order valence-electron chi connectivity index (χ4n) is 2.26. The summed E-state index contributed by atoms with van der Waals surface area (Å²) in [6.07, 6.45) is 5.35. The summed E-state index contributed by atoms with van der Waals surface area (Å²) in [5.41, 5.74) is 0.741. The Bertz CT molecular complexity index is 737. The Morgan fingerprint density at radius 2 is 2.16 bits per heavy atom. The maximum absolute atomic E-state index is 12.1. The highest BCUT2D eigenvalue weighted by molar-refractivity contribution is 6.42.